The smallest absolute Gasteiger partial charge is 0.235 e. The molecule has 3 aliphatic rings. The van der Waals surface area contributed by atoms with Gasteiger partial charge in [0.05, 0.1) is 13.2 Å². The first kappa shape index (κ1) is 16.3. The third kappa shape index (κ3) is 3.42. The van der Waals surface area contributed by atoms with E-state index in [1.165, 1.54) is 0 Å². The van der Waals surface area contributed by atoms with Crippen LogP contribution in [0.5, 0.6) is 11.8 Å². The number of fused-ring (bicyclic) bond motifs is 1. The van der Waals surface area contributed by atoms with Crippen LogP contribution in [0.25, 0.3) is 0 Å². The molecule has 0 bridgehead atoms. The number of pyridine rings is 1. The average molecular weight is 353 g/mol. The van der Waals surface area contributed by atoms with E-state index in [0.717, 1.165) is 51.3 Å². The first-order chi connectivity index (χ1) is 11.7. The fourth-order valence-electron chi connectivity index (χ4n) is 2.94. The van der Waals surface area contributed by atoms with Crippen LogP contribution in [0.1, 0.15) is 18.4 Å². The molecule has 1 aromatic heterocycles. The molecule has 2 fully saturated rings. The van der Waals surface area contributed by atoms with Crippen molar-refractivity contribution in [2.24, 2.45) is 0 Å². The summed E-state index contributed by atoms with van der Waals surface area (Å²) in [4.78, 5) is 7.45. The van der Waals surface area contributed by atoms with Gasteiger partial charge in [-0.25, -0.2) is 8.93 Å². The van der Waals surface area contributed by atoms with Crippen molar-refractivity contribution in [1.82, 2.24) is 14.6 Å². The van der Waals surface area contributed by atoms with Gasteiger partial charge < -0.3 is 14.2 Å². The molecule has 0 amide bonds. The summed E-state index contributed by atoms with van der Waals surface area (Å²) in [6.07, 6.45) is 1.94. The molecule has 2 aliphatic heterocycles. The molecule has 1 saturated carbocycles. The SMILES string of the molecule is Cc1cc2c(nc1OCCN1CCOCC1)OC1(CC1)CNS2=O. The van der Waals surface area contributed by atoms with Gasteiger partial charge in [-0.2, -0.15) is 4.98 Å². The van der Waals surface area contributed by atoms with Gasteiger partial charge in [0.25, 0.3) is 0 Å². The van der Waals surface area contributed by atoms with Gasteiger partial charge in [-0.1, -0.05) is 0 Å². The maximum atomic E-state index is 12.3. The number of hydrogen-bond donors (Lipinski definition) is 1. The minimum absolute atomic E-state index is 0.228. The predicted octanol–water partition coefficient (Wildman–Crippen LogP) is 0.638. The summed E-state index contributed by atoms with van der Waals surface area (Å²) >= 11 is 0. The third-order valence-corrected chi connectivity index (χ3v) is 5.79. The molecule has 7 nitrogen and oxygen atoms in total. The molecule has 1 aromatic rings. The van der Waals surface area contributed by atoms with Crippen molar-refractivity contribution < 1.29 is 18.4 Å². The fourth-order valence-corrected chi connectivity index (χ4v) is 4.02. The maximum absolute atomic E-state index is 12.3. The van der Waals surface area contributed by atoms with Gasteiger partial charge in [-0.05, 0) is 25.8 Å². The average Bonchev–Trinajstić information content (AvgIpc) is 3.37. The minimum Gasteiger partial charge on any atom is -0.476 e. The molecule has 1 atom stereocenters. The highest BCUT2D eigenvalue weighted by molar-refractivity contribution is 7.83. The molecule has 1 aliphatic carbocycles. The molecule has 0 aromatic carbocycles. The van der Waals surface area contributed by atoms with E-state index < -0.39 is 11.0 Å². The Morgan fingerprint density at radius 3 is 2.96 bits per heavy atom. The molecule has 8 heteroatoms. The van der Waals surface area contributed by atoms with E-state index in [-0.39, 0.29) is 5.60 Å². The summed E-state index contributed by atoms with van der Waals surface area (Å²) < 4.78 is 32.6. The van der Waals surface area contributed by atoms with Crippen LogP contribution in [0, 0.1) is 6.92 Å². The summed E-state index contributed by atoms with van der Waals surface area (Å²) in [7, 11) is -1.28. The molecule has 1 N–H and O–H groups in total. The van der Waals surface area contributed by atoms with E-state index in [1.54, 1.807) is 0 Å². The monoisotopic (exact) mass is 353 g/mol. The number of nitrogens with zero attached hydrogens (tertiary/aromatic N) is 2. The molecule has 132 valence electrons. The highest BCUT2D eigenvalue weighted by Crippen LogP contribution is 2.43. The Bertz CT molecular complexity index is 644. The van der Waals surface area contributed by atoms with Crippen molar-refractivity contribution in [3.05, 3.63) is 11.6 Å². The van der Waals surface area contributed by atoms with Crippen LogP contribution in [0.15, 0.2) is 11.0 Å². The number of aromatic nitrogens is 1. The topological polar surface area (TPSA) is 72.9 Å². The van der Waals surface area contributed by atoms with Gasteiger partial charge in [0.15, 0.2) is 0 Å². The lowest BCUT2D eigenvalue weighted by atomic mass is 10.3. The molecular weight excluding hydrogens is 330 g/mol. The predicted molar refractivity (Wildman–Crippen MR) is 88.7 cm³/mol. The number of aryl methyl sites for hydroxylation is 1. The Hall–Kier alpha value is -1.22. The quantitative estimate of drug-likeness (QED) is 0.856. The standard InChI is InChI=1S/C16H23N3O4S/c1-12-10-13-15(23-16(2-3-16)11-17-24(13)20)18-14(12)22-9-6-19-4-7-21-8-5-19/h10,17H,2-9,11H2,1H3. The zero-order valence-electron chi connectivity index (χ0n) is 13.9. The van der Waals surface area contributed by atoms with E-state index in [1.807, 2.05) is 13.0 Å². The fraction of sp³-hybridized carbons (Fsp3) is 0.688. The van der Waals surface area contributed by atoms with E-state index >= 15 is 0 Å². The molecule has 3 heterocycles. The number of morpholine rings is 1. The van der Waals surface area contributed by atoms with Crippen molar-refractivity contribution in [1.29, 1.82) is 0 Å². The zero-order valence-corrected chi connectivity index (χ0v) is 14.7. The normalized spacial score (nSPS) is 25.6. The first-order valence-electron chi connectivity index (χ1n) is 8.44. The van der Waals surface area contributed by atoms with Crippen LogP contribution >= 0.6 is 0 Å². The summed E-state index contributed by atoms with van der Waals surface area (Å²) in [6, 6.07) is 1.86. The van der Waals surface area contributed by atoms with Crippen molar-refractivity contribution in [2.45, 2.75) is 30.3 Å². The van der Waals surface area contributed by atoms with Crippen molar-refractivity contribution >= 4 is 11.0 Å². The second-order valence-electron chi connectivity index (χ2n) is 6.59. The summed E-state index contributed by atoms with van der Waals surface area (Å²) in [5, 5.41) is 0. The summed E-state index contributed by atoms with van der Waals surface area (Å²) in [5.41, 5.74) is 0.648. The Labute approximate surface area is 144 Å². The van der Waals surface area contributed by atoms with E-state index in [0.29, 0.717) is 29.8 Å². The first-order valence-corrected chi connectivity index (χ1v) is 9.59. The van der Waals surface area contributed by atoms with Crippen LogP contribution in [0.4, 0.5) is 0 Å². The van der Waals surface area contributed by atoms with Gasteiger partial charge in [0.2, 0.25) is 11.8 Å². The maximum Gasteiger partial charge on any atom is 0.235 e. The molecule has 1 spiro atoms. The largest absolute Gasteiger partial charge is 0.476 e. The van der Waals surface area contributed by atoms with E-state index in [4.69, 9.17) is 14.2 Å². The second kappa shape index (κ2) is 6.59. The molecule has 1 saturated heterocycles. The lowest BCUT2D eigenvalue weighted by molar-refractivity contribution is 0.0319. The lowest BCUT2D eigenvalue weighted by Crippen LogP contribution is -2.38. The van der Waals surface area contributed by atoms with Crippen LogP contribution in [0.3, 0.4) is 0 Å². The highest BCUT2D eigenvalue weighted by Gasteiger charge is 2.48. The van der Waals surface area contributed by atoms with Crippen LogP contribution in [-0.4, -0.2) is 65.7 Å². The number of ether oxygens (including phenoxy) is 3. The highest BCUT2D eigenvalue weighted by atomic mass is 32.2. The Kier molecular flexibility index (Phi) is 4.46. The van der Waals surface area contributed by atoms with Gasteiger partial charge in [0.1, 0.15) is 28.1 Å². The Morgan fingerprint density at radius 2 is 2.21 bits per heavy atom. The number of hydrogen-bond acceptors (Lipinski definition) is 6. The minimum atomic E-state index is -1.28. The van der Waals surface area contributed by atoms with Crippen molar-refractivity contribution in [2.75, 3.05) is 46.0 Å². The second-order valence-corrected chi connectivity index (χ2v) is 7.86. The molecule has 4 rings (SSSR count). The third-order valence-electron chi connectivity index (χ3n) is 4.69. The zero-order chi connectivity index (χ0) is 16.6. The molecule has 0 radical (unpaired) electrons. The van der Waals surface area contributed by atoms with Crippen molar-refractivity contribution in [3.63, 3.8) is 0 Å². The van der Waals surface area contributed by atoms with E-state index in [9.17, 15) is 4.21 Å². The lowest BCUT2D eigenvalue weighted by Gasteiger charge is -2.26. The van der Waals surface area contributed by atoms with Crippen LogP contribution in [0.2, 0.25) is 0 Å². The molecular formula is C16H23N3O4S. The number of rotatable bonds is 4. The summed E-state index contributed by atoms with van der Waals surface area (Å²) in [5.74, 6) is 1.01. The van der Waals surface area contributed by atoms with Crippen LogP contribution < -0.4 is 14.2 Å². The number of nitrogens with one attached hydrogen (secondary N) is 1. The van der Waals surface area contributed by atoms with Gasteiger partial charge in [0, 0.05) is 31.7 Å². The molecule has 24 heavy (non-hydrogen) atoms. The van der Waals surface area contributed by atoms with Gasteiger partial charge in [-0.3, -0.25) is 4.90 Å². The summed E-state index contributed by atoms with van der Waals surface area (Å²) in [6.45, 7) is 7.38. The van der Waals surface area contributed by atoms with Gasteiger partial charge >= 0.3 is 0 Å². The Morgan fingerprint density at radius 1 is 1.42 bits per heavy atom. The van der Waals surface area contributed by atoms with Crippen LogP contribution in [-0.2, 0) is 15.7 Å². The van der Waals surface area contributed by atoms with Crippen molar-refractivity contribution in [3.8, 4) is 11.8 Å². The van der Waals surface area contributed by atoms with Gasteiger partial charge in [-0.15, -0.1) is 0 Å². The molecule has 1 unspecified atom stereocenters. The Balaban J connectivity index is 1.45. The van der Waals surface area contributed by atoms with E-state index in [2.05, 4.69) is 14.6 Å².